The fourth-order valence-corrected chi connectivity index (χ4v) is 5.03. The topological polar surface area (TPSA) is 73.4 Å². The third kappa shape index (κ3) is 4.70. The van der Waals surface area contributed by atoms with Crippen molar-refractivity contribution in [3.63, 3.8) is 0 Å². The number of carbonyl (C=O) groups excluding carboxylic acids is 1. The van der Waals surface area contributed by atoms with Crippen LogP contribution in [0.2, 0.25) is 5.02 Å². The van der Waals surface area contributed by atoms with Crippen LogP contribution >= 0.6 is 11.6 Å². The molecule has 0 unspecified atom stereocenters. The standard InChI is InChI=1S/C27H29ClN4O3/c1-4-34-25(33)11-13-31-12-10-20-19(15-31)6-5-7-21(20)26-29-27(35-30-26)18-8-9-24-22(14-18)23(28)16-32(24)17(2)3/h5-9,14,16-17H,4,10-13,15H2,1-3H3. The first-order valence-corrected chi connectivity index (χ1v) is 12.5. The zero-order valence-corrected chi connectivity index (χ0v) is 21.0. The van der Waals surface area contributed by atoms with E-state index in [4.69, 9.17) is 25.8 Å². The molecule has 7 nitrogen and oxygen atoms in total. The van der Waals surface area contributed by atoms with Crippen LogP contribution in [0.3, 0.4) is 0 Å². The van der Waals surface area contributed by atoms with Crippen LogP contribution in [-0.2, 0) is 22.5 Å². The molecule has 0 aliphatic carbocycles. The van der Waals surface area contributed by atoms with Crippen molar-refractivity contribution in [2.24, 2.45) is 0 Å². The number of ether oxygens (including phenoxy) is 1. The van der Waals surface area contributed by atoms with Crippen LogP contribution in [0.4, 0.5) is 0 Å². The van der Waals surface area contributed by atoms with Crippen LogP contribution in [0.5, 0.6) is 0 Å². The van der Waals surface area contributed by atoms with Gasteiger partial charge in [0.1, 0.15) is 0 Å². The molecule has 5 rings (SSSR count). The highest BCUT2D eigenvalue weighted by atomic mass is 35.5. The smallest absolute Gasteiger partial charge is 0.307 e. The van der Waals surface area contributed by atoms with Gasteiger partial charge in [0.05, 0.1) is 18.1 Å². The van der Waals surface area contributed by atoms with Crippen molar-refractivity contribution in [2.45, 2.75) is 46.2 Å². The Balaban J connectivity index is 1.38. The van der Waals surface area contributed by atoms with E-state index >= 15 is 0 Å². The molecule has 1 aliphatic heterocycles. The summed E-state index contributed by atoms with van der Waals surface area (Å²) in [4.78, 5) is 18.7. The molecule has 0 N–H and O–H groups in total. The van der Waals surface area contributed by atoms with Crippen molar-refractivity contribution in [1.29, 1.82) is 0 Å². The molecule has 2 aromatic heterocycles. The average Bonchev–Trinajstić information content (AvgIpc) is 3.47. The fourth-order valence-electron chi connectivity index (χ4n) is 4.77. The summed E-state index contributed by atoms with van der Waals surface area (Å²) >= 11 is 6.51. The number of esters is 1. The van der Waals surface area contributed by atoms with E-state index in [9.17, 15) is 4.79 Å². The van der Waals surface area contributed by atoms with Gasteiger partial charge in [0.25, 0.3) is 5.89 Å². The number of halogens is 1. The molecule has 0 atom stereocenters. The molecule has 182 valence electrons. The Morgan fingerprint density at radius 3 is 2.91 bits per heavy atom. The lowest BCUT2D eigenvalue weighted by Gasteiger charge is -2.29. The highest BCUT2D eigenvalue weighted by Crippen LogP contribution is 2.34. The summed E-state index contributed by atoms with van der Waals surface area (Å²) in [5, 5.41) is 5.99. The Kier molecular flexibility index (Phi) is 6.62. The lowest BCUT2D eigenvalue weighted by Crippen LogP contribution is -2.32. The fraction of sp³-hybridized carbons (Fsp3) is 0.370. The lowest BCUT2D eigenvalue weighted by atomic mass is 9.94. The quantitative estimate of drug-likeness (QED) is 0.299. The first kappa shape index (κ1) is 23.6. The van der Waals surface area contributed by atoms with Gasteiger partial charge < -0.3 is 13.8 Å². The molecule has 0 radical (unpaired) electrons. The summed E-state index contributed by atoms with van der Waals surface area (Å²) in [6, 6.07) is 12.6. The largest absolute Gasteiger partial charge is 0.466 e. The summed E-state index contributed by atoms with van der Waals surface area (Å²) in [7, 11) is 0. The minimum atomic E-state index is -0.147. The lowest BCUT2D eigenvalue weighted by molar-refractivity contribution is -0.143. The highest BCUT2D eigenvalue weighted by Gasteiger charge is 2.22. The van der Waals surface area contributed by atoms with Crippen LogP contribution in [-0.4, -0.2) is 45.3 Å². The van der Waals surface area contributed by atoms with Crippen LogP contribution in [0.25, 0.3) is 33.7 Å². The minimum absolute atomic E-state index is 0.147. The normalized spacial score (nSPS) is 14.0. The molecule has 35 heavy (non-hydrogen) atoms. The number of benzene rings is 2. The number of hydrogen-bond donors (Lipinski definition) is 0. The van der Waals surface area contributed by atoms with Gasteiger partial charge in [0, 0.05) is 53.9 Å². The van der Waals surface area contributed by atoms with E-state index in [-0.39, 0.29) is 5.97 Å². The molecule has 0 fully saturated rings. The molecule has 1 aliphatic rings. The maximum Gasteiger partial charge on any atom is 0.307 e. The zero-order chi connectivity index (χ0) is 24.5. The van der Waals surface area contributed by atoms with Crippen LogP contribution in [0, 0.1) is 0 Å². The van der Waals surface area contributed by atoms with Crippen molar-refractivity contribution in [3.05, 3.63) is 58.7 Å². The van der Waals surface area contributed by atoms with Crippen molar-refractivity contribution in [3.8, 4) is 22.8 Å². The molecule has 0 saturated carbocycles. The van der Waals surface area contributed by atoms with Gasteiger partial charge in [0.15, 0.2) is 0 Å². The van der Waals surface area contributed by atoms with Crippen molar-refractivity contribution < 1.29 is 14.1 Å². The third-order valence-electron chi connectivity index (χ3n) is 6.54. The molecule has 4 aromatic rings. The minimum Gasteiger partial charge on any atom is -0.466 e. The Bertz CT molecular complexity index is 1370. The Morgan fingerprint density at radius 1 is 1.26 bits per heavy atom. The Labute approximate surface area is 209 Å². The molecule has 0 spiro atoms. The number of fused-ring (bicyclic) bond motifs is 2. The van der Waals surface area contributed by atoms with Gasteiger partial charge in [-0.05, 0) is 56.5 Å². The highest BCUT2D eigenvalue weighted by molar-refractivity contribution is 6.35. The first-order valence-electron chi connectivity index (χ1n) is 12.1. The average molecular weight is 493 g/mol. The molecule has 0 saturated heterocycles. The predicted octanol–water partition coefficient (Wildman–Crippen LogP) is 5.90. The van der Waals surface area contributed by atoms with Crippen LogP contribution in [0.1, 0.15) is 44.4 Å². The van der Waals surface area contributed by atoms with Gasteiger partial charge in [-0.3, -0.25) is 9.69 Å². The number of carbonyl (C=O) groups is 1. The van der Waals surface area contributed by atoms with E-state index in [1.54, 1.807) is 0 Å². The van der Waals surface area contributed by atoms with Crippen LogP contribution < -0.4 is 0 Å². The molecular weight excluding hydrogens is 464 g/mol. The molecule has 0 bridgehead atoms. The van der Waals surface area contributed by atoms with E-state index in [0.29, 0.717) is 42.4 Å². The van der Waals surface area contributed by atoms with Gasteiger partial charge in [-0.15, -0.1) is 0 Å². The van der Waals surface area contributed by atoms with Gasteiger partial charge in [0.2, 0.25) is 5.82 Å². The molecule has 8 heteroatoms. The van der Waals surface area contributed by atoms with Crippen molar-refractivity contribution in [2.75, 3.05) is 19.7 Å². The molecule has 2 aromatic carbocycles. The van der Waals surface area contributed by atoms with Crippen molar-refractivity contribution in [1.82, 2.24) is 19.6 Å². The van der Waals surface area contributed by atoms with E-state index in [1.807, 2.05) is 37.4 Å². The van der Waals surface area contributed by atoms with E-state index in [0.717, 1.165) is 41.5 Å². The Hall–Kier alpha value is -3.16. The van der Waals surface area contributed by atoms with E-state index in [1.165, 1.54) is 11.1 Å². The van der Waals surface area contributed by atoms with Crippen LogP contribution in [0.15, 0.2) is 47.1 Å². The van der Waals surface area contributed by atoms with Gasteiger partial charge in [-0.25, -0.2) is 0 Å². The summed E-state index contributed by atoms with van der Waals surface area (Å²) < 4.78 is 12.9. The second-order valence-corrected chi connectivity index (χ2v) is 9.56. The Morgan fingerprint density at radius 2 is 2.11 bits per heavy atom. The monoisotopic (exact) mass is 492 g/mol. The van der Waals surface area contributed by atoms with Gasteiger partial charge >= 0.3 is 5.97 Å². The predicted molar refractivity (Wildman–Crippen MR) is 136 cm³/mol. The molecular formula is C27H29ClN4O3. The number of nitrogens with zero attached hydrogens (tertiary/aromatic N) is 4. The number of hydrogen-bond acceptors (Lipinski definition) is 6. The van der Waals surface area contributed by atoms with Crippen molar-refractivity contribution >= 4 is 28.5 Å². The maximum atomic E-state index is 11.7. The second-order valence-electron chi connectivity index (χ2n) is 9.16. The second kappa shape index (κ2) is 9.84. The summed E-state index contributed by atoms with van der Waals surface area (Å²) in [5.41, 5.74) is 5.38. The SMILES string of the molecule is CCOC(=O)CCN1CCc2c(cccc2-c2noc(-c3ccc4c(c3)c(Cl)cn4C(C)C)n2)C1. The molecule has 0 amide bonds. The molecule has 3 heterocycles. The summed E-state index contributed by atoms with van der Waals surface area (Å²) in [5.74, 6) is 0.911. The number of aromatic nitrogens is 3. The third-order valence-corrected chi connectivity index (χ3v) is 6.84. The van der Waals surface area contributed by atoms with E-state index in [2.05, 4.69) is 40.6 Å². The zero-order valence-electron chi connectivity index (χ0n) is 20.3. The van der Waals surface area contributed by atoms with Gasteiger partial charge in [-0.1, -0.05) is 35.0 Å². The maximum absolute atomic E-state index is 11.7. The number of rotatable bonds is 7. The first-order chi connectivity index (χ1) is 16.9. The van der Waals surface area contributed by atoms with Gasteiger partial charge in [-0.2, -0.15) is 4.98 Å². The summed E-state index contributed by atoms with van der Waals surface area (Å²) in [6.45, 7) is 8.87. The van der Waals surface area contributed by atoms with E-state index < -0.39 is 0 Å². The summed E-state index contributed by atoms with van der Waals surface area (Å²) in [6.07, 6.45) is 3.24.